The number of amides is 1. The molecule has 2 N–H and O–H groups in total. The van der Waals surface area contributed by atoms with Gasteiger partial charge in [-0.25, -0.2) is 5.43 Å². The number of phenols is 1. The highest BCUT2D eigenvalue weighted by molar-refractivity contribution is 9.11. The van der Waals surface area contributed by atoms with Crippen LogP contribution >= 0.6 is 31.9 Å². The Balaban J connectivity index is 2.11. The van der Waals surface area contributed by atoms with Gasteiger partial charge in [0.2, 0.25) is 0 Å². The summed E-state index contributed by atoms with van der Waals surface area (Å²) in [6.07, 6.45) is 1.42. The molecule has 0 aliphatic heterocycles. The molecule has 0 aromatic heterocycles. The van der Waals surface area contributed by atoms with Crippen LogP contribution in [0.4, 0.5) is 0 Å². The maximum Gasteiger partial charge on any atom is 0.275 e. The maximum atomic E-state index is 12.2. The minimum absolute atomic E-state index is 0.0706. The first-order valence-corrected chi connectivity index (χ1v) is 8.74. The Morgan fingerprint density at radius 3 is 2.81 bits per heavy atom. The molecule has 0 saturated carbocycles. The third-order valence-corrected chi connectivity index (χ3v) is 4.19. The van der Waals surface area contributed by atoms with E-state index in [1.807, 2.05) is 6.07 Å². The van der Waals surface area contributed by atoms with Gasteiger partial charge < -0.3 is 14.6 Å². The maximum absolute atomic E-state index is 12.2. The van der Waals surface area contributed by atoms with E-state index in [-0.39, 0.29) is 17.9 Å². The number of nitrogens with zero attached hydrogens (tertiary/aromatic N) is 2. The highest BCUT2D eigenvalue weighted by atomic mass is 79.9. The molecule has 0 unspecified atom stereocenters. The summed E-state index contributed by atoms with van der Waals surface area (Å²) in [5.74, 6) is 0.117. The van der Waals surface area contributed by atoms with Gasteiger partial charge in [0.15, 0.2) is 18.1 Å². The van der Waals surface area contributed by atoms with Crippen LogP contribution in [0.2, 0.25) is 0 Å². The molecule has 1 amide bonds. The average Bonchev–Trinajstić information content (AvgIpc) is 2.63. The summed E-state index contributed by atoms with van der Waals surface area (Å²) < 4.78 is 11.4. The highest BCUT2D eigenvalue weighted by Gasteiger charge is 2.14. The number of methoxy groups -OCH3 is 1. The Morgan fingerprint density at radius 2 is 2.12 bits per heavy atom. The van der Waals surface area contributed by atoms with Gasteiger partial charge in [-0.1, -0.05) is 15.9 Å². The van der Waals surface area contributed by atoms with Crippen molar-refractivity contribution in [3.63, 3.8) is 0 Å². The van der Waals surface area contributed by atoms with Crippen LogP contribution in [0.15, 0.2) is 44.4 Å². The van der Waals surface area contributed by atoms with Crippen molar-refractivity contribution in [2.45, 2.75) is 0 Å². The van der Waals surface area contributed by atoms with Crippen LogP contribution in [0.25, 0.3) is 0 Å². The molecule has 134 valence electrons. The topological polar surface area (TPSA) is 104 Å². The quantitative estimate of drug-likeness (QED) is 0.483. The van der Waals surface area contributed by atoms with E-state index >= 15 is 0 Å². The van der Waals surface area contributed by atoms with E-state index in [0.717, 1.165) is 0 Å². The third kappa shape index (κ3) is 4.97. The summed E-state index contributed by atoms with van der Waals surface area (Å²) >= 11 is 6.42. The summed E-state index contributed by atoms with van der Waals surface area (Å²) in [7, 11) is 1.48. The van der Waals surface area contributed by atoms with Crippen molar-refractivity contribution in [1.29, 1.82) is 5.26 Å². The molecule has 2 aromatic carbocycles. The van der Waals surface area contributed by atoms with Crippen molar-refractivity contribution >= 4 is 44.0 Å². The largest absolute Gasteiger partial charge is 0.506 e. The van der Waals surface area contributed by atoms with Crippen LogP contribution in [0.1, 0.15) is 15.9 Å². The lowest BCUT2D eigenvalue weighted by Gasteiger charge is -2.08. The van der Waals surface area contributed by atoms with Crippen molar-refractivity contribution in [3.8, 4) is 23.3 Å². The van der Waals surface area contributed by atoms with Gasteiger partial charge in [-0.05, 0) is 51.8 Å². The average molecular weight is 483 g/mol. The number of nitrogens with one attached hydrogen (secondary N) is 1. The molecule has 0 spiro atoms. The zero-order chi connectivity index (χ0) is 19.1. The molecule has 0 radical (unpaired) electrons. The fourth-order valence-electron chi connectivity index (χ4n) is 1.96. The lowest BCUT2D eigenvalue weighted by Crippen LogP contribution is -2.18. The van der Waals surface area contributed by atoms with Crippen LogP contribution in [0.3, 0.4) is 0 Å². The van der Waals surface area contributed by atoms with Gasteiger partial charge in [0.05, 0.1) is 23.4 Å². The monoisotopic (exact) mass is 481 g/mol. The third-order valence-electron chi connectivity index (χ3n) is 3.13. The molecule has 9 heteroatoms. The summed E-state index contributed by atoms with van der Waals surface area (Å²) in [5, 5.41) is 22.4. The number of rotatable bonds is 6. The number of hydrogen-bond donors (Lipinski definition) is 2. The highest BCUT2D eigenvalue weighted by Crippen LogP contribution is 2.31. The van der Waals surface area contributed by atoms with Gasteiger partial charge in [0.1, 0.15) is 11.8 Å². The van der Waals surface area contributed by atoms with E-state index in [0.29, 0.717) is 26.0 Å². The van der Waals surface area contributed by atoms with E-state index in [1.54, 1.807) is 24.3 Å². The van der Waals surface area contributed by atoms with Crippen molar-refractivity contribution in [1.82, 2.24) is 5.43 Å². The molecule has 0 aliphatic rings. The minimum Gasteiger partial charge on any atom is -0.506 e. The molecule has 0 aliphatic carbocycles. The first-order chi connectivity index (χ1) is 12.5. The molecular weight excluding hydrogens is 470 g/mol. The summed E-state index contributed by atoms with van der Waals surface area (Å²) in [4.78, 5) is 12.2. The SMILES string of the molecule is COc1cc(/C=N\NC(=O)c2cc(Br)cc(Br)c2O)ccc1OCC#N. The zero-order valence-electron chi connectivity index (χ0n) is 13.5. The van der Waals surface area contributed by atoms with E-state index in [9.17, 15) is 9.90 Å². The number of aromatic hydroxyl groups is 1. The van der Waals surface area contributed by atoms with Gasteiger partial charge in [0, 0.05) is 4.47 Å². The molecular formula is C17H13Br2N3O4. The molecule has 0 bridgehead atoms. The van der Waals surface area contributed by atoms with Gasteiger partial charge >= 0.3 is 0 Å². The smallest absolute Gasteiger partial charge is 0.275 e. The lowest BCUT2D eigenvalue weighted by molar-refractivity contribution is 0.0952. The van der Waals surface area contributed by atoms with E-state index in [4.69, 9.17) is 14.7 Å². The number of ether oxygens (including phenoxy) is 2. The predicted molar refractivity (Wildman–Crippen MR) is 103 cm³/mol. The number of benzene rings is 2. The second kappa shape index (κ2) is 9.22. The first kappa shape index (κ1) is 19.8. The van der Waals surface area contributed by atoms with Crippen LogP contribution < -0.4 is 14.9 Å². The second-order valence-electron chi connectivity index (χ2n) is 4.84. The number of carbonyl (C=O) groups is 1. The van der Waals surface area contributed by atoms with Gasteiger partial charge in [-0.2, -0.15) is 10.4 Å². The fourth-order valence-corrected chi connectivity index (χ4v) is 3.18. The number of nitriles is 1. The Hall–Kier alpha value is -2.57. The molecule has 0 atom stereocenters. The second-order valence-corrected chi connectivity index (χ2v) is 6.61. The van der Waals surface area contributed by atoms with Gasteiger partial charge in [-0.3, -0.25) is 4.79 Å². The Labute approximate surface area is 166 Å². The van der Waals surface area contributed by atoms with Crippen LogP contribution in [-0.4, -0.2) is 30.9 Å². The zero-order valence-corrected chi connectivity index (χ0v) is 16.7. The molecule has 0 fully saturated rings. The van der Waals surface area contributed by atoms with Crippen molar-refractivity contribution < 1.29 is 19.4 Å². The standard InChI is InChI=1S/C17H13Br2N3O4/c1-25-15-6-10(2-3-14(15)26-5-4-20)9-21-22-17(24)12-7-11(18)8-13(19)16(12)23/h2-3,6-9,23H,5H2,1H3,(H,22,24)/b21-9-. The number of hydrogen-bond acceptors (Lipinski definition) is 6. The molecule has 0 saturated heterocycles. The van der Waals surface area contributed by atoms with Crippen molar-refractivity contribution in [2.75, 3.05) is 13.7 Å². The number of phenolic OH excluding ortho intramolecular Hbond substituents is 1. The molecule has 7 nitrogen and oxygen atoms in total. The number of hydrazone groups is 1. The van der Waals surface area contributed by atoms with Crippen LogP contribution in [0.5, 0.6) is 17.2 Å². The number of carbonyl (C=O) groups excluding carboxylic acids is 1. The summed E-state index contributed by atoms with van der Waals surface area (Å²) in [5.41, 5.74) is 3.06. The Morgan fingerprint density at radius 1 is 1.35 bits per heavy atom. The lowest BCUT2D eigenvalue weighted by atomic mass is 10.2. The van der Waals surface area contributed by atoms with Gasteiger partial charge in [-0.15, -0.1) is 0 Å². The van der Waals surface area contributed by atoms with E-state index in [2.05, 4.69) is 42.4 Å². The van der Waals surface area contributed by atoms with Crippen LogP contribution in [0, 0.1) is 11.3 Å². The normalized spacial score (nSPS) is 10.4. The minimum atomic E-state index is -0.568. The fraction of sp³-hybridized carbons (Fsp3) is 0.118. The van der Waals surface area contributed by atoms with Crippen LogP contribution in [-0.2, 0) is 0 Å². The van der Waals surface area contributed by atoms with E-state index < -0.39 is 5.91 Å². The van der Waals surface area contributed by atoms with E-state index in [1.165, 1.54) is 19.4 Å². The molecule has 0 heterocycles. The number of halogens is 2. The molecule has 2 rings (SSSR count). The molecule has 26 heavy (non-hydrogen) atoms. The Kier molecular flexibility index (Phi) is 7.00. The Bertz CT molecular complexity index is 894. The molecule has 2 aromatic rings. The van der Waals surface area contributed by atoms with Crippen molar-refractivity contribution in [3.05, 3.63) is 50.4 Å². The summed E-state index contributed by atoms with van der Waals surface area (Å²) in [6.45, 7) is -0.0917. The summed E-state index contributed by atoms with van der Waals surface area (Å²) in [6, 6.07) is 9.96. The predicted octanol–water partition coefficient (Wildman–Crippen LogP) is 3.59. The first-order valence-electron chi connectivity index (χ1n) is 7.15. The van der Waals surface area contributed by atoms with Gasteiger partial charge in [0.25, 0.3) is 5.91 Å². The van der Waals surface area contributed by atoms with Crippen molar-refractivity contribution in [2.24, 2.45) is 5.10 Å².